The molecule has 6 nitrogen and oxygen atoms in total. The Kier molecular flexibility index (Phi) is 7.34. The lowest BCUT2D eigenvalue weighted by molar-refractivity contribution is -0.129. The van der Waals surface area contributed by atoms with Gasteiger partial charge in [0.1, 0.15) is 5.82 Å². The Labute approximate surface area is 204 Å². The maximum atomic E-state index is 13.5. The summed E-state index contributed by atoms with van der Waals surface area (Å²) >= 11 is 0. The lowest BCUT2D eigenvalue weighted by atomic mass is 9.83. The quantitative estimate of drug-likeness (QED) is 0.524. The Bertz CT molecular complexity index is 1190. The minimum atomic E-state index is -0.535. The number of aryl methyl sites for hydroxylation is 1. The number of anilines is 1. The molecule has 35 heavy (non-hydrogen) atoms. The fourth-order valence-electron chi connectivity index (χ4n) is 4.52. The van der Waals surface area contributed by atoms with E-state index in [-0.39, 0.29) is 30.6 Å². The number of amides is 2. The molecule has 0 bridgehead atoms. The highest BCUT2D eigenvalue weighted by molar-refractivity contribution is 5.97. The van der Waals surface area contributed by atoms with Crippen LogP contribution in [0.1, 0.15) is 35.6 Å². The largest absolute Gasteiger partial charge is 0.493 e. The second-order valence-electron chi connectivity index (χ2n) is 8.65. The van der Waals surface area contributed by atoms with E-state index in [4.69, 9.17) is 9.47 Å². The third kappa shape index (κ3) is 5.29. The smallest absolute Gasteiger partial charge is 0.227 e. The van der Waals surface area contributed by atoms with Gasteiger partial charge in [-0.1, -0.05) is 35.9 Å². The SMILES string of the molecule is COc1ccc([C@@H]2[C@@H](C(=O)NCc3ccc(F)cc3)CCC(=O)N2c2ccc(C)cc2)cc1OC. The van der Waals surface area contributed by atoms with Crippen LogP contribution in [0.2, 0.25) is 0 Å². The molecule has 0 radical (unpaired) electrons. The first-order valence-corrected chi connectivity index (χ1v) is 11.5. The van der Waals surface area contributed by atoms with E-state index in [2.05, 4.69) is 5.32 Å². The third-order valence-electron chi connectivity index (χ3n) is 6.38. The number of methoxy groups -OCH3 is 2. The van der Waals surface area contributed by atoms with E-state index in [1.165, 1.54) is 12.1 Å². The Morgan fingerprint density at radius 2 is 1.69 bits per heavy atom. The number of benzene rings is 3. The summed E-state index contributed by atoms with van der Waals surface area (Å²) in [6.07, 6.45) is 0.668. The highest BCUT2D eigenvalue weighted by atomic mass is 19.1. The van der Waals surface area contributed by atoms with Crippen LogP contribution in [0.25, 0.3) is 0 Å². The summed E-state index contributed by atoms with van der Waals surface area (Å²) in [7, 11) is 3.12. The molecule has 1 N–H and O–H groups in total. The van der Waals surface area contributed by atoms with Crippen LogP contribution in [-0.4, -0.2) is 26.0 Å². The molecule has 0 unspecified atom stereocenters. The number of ether oxygens (including phenoxy) is 2. The predicted octanol–water partition coefficient (Wildman–Crippen LogP) is 4.95. The van der Waals surface area contributed by atoms with Crippen molar-refractivity contribution in [2.45, 2.75) is 32.4 Å². The Hall–Kier alpha value is -3.87. The van der Waals surface area contributed by atoms with Gasteiger partial charge in [0.25, 0.3) is 0 Å². The van der Waals surface area contributed by atoms with Crippen molar-refractivity contribution in [2.24, 2.45) is 5.92 Å². The molecule has 4 rings (SSSR count). The normalized spacial score (nSPS) is 17.7. The van der Waals surface area contributed by atoms with Crippen molar-refractivity contribution in [1.82, 2.24) is 5.32 Å². The van der Waals surface area contributed by atoms with Crippen LogP contribution < -0.4 is 19.7 Å². The van der Waals surface area contributed by atoms with Gasteiger partial charge < -0.3 is 19.7 Å². The molecule has 1 aliphatic rings. The van der Waals surface area contributed by atoms with Gasteiger partial charge in [0.2, 0.25) is 11.8 Å². The summed E-state index contributed by atoms with van der Waals surface area (Å²) in [5.74, 6) is 0.0607. The second kappa shape index (κ2) is 10.6. The number of rotatable bonds is 7. The Balaban J connectivity index is 1.70. The monoisotopic (exact) mass is 476 g/mol. The van der Waals surface area contributed by atoms with Gasteiger partial charge >= 0.3 is 0 Å². The number of halogens is 1. The summed E-state index contributed by atoms with van der Waals surface area (Å²) < 4.78 is 24.1. The zero-order chi connectivity index (χ0) is 24.9. The van der Waals surface area contributed by atoms with Crippen molar-refractivity contribution in [3.05, 3.63) is 89.2 Å². The van der Waals surface area contributed by atoms with E-state index in [1.54, 1.807) is 37.3 Å². The predicted molar refractivity (Wildman–Crippen MR) is 132 cm³/mol. The molecular weight excluding hydrogens is 447 g/mol. The van der Waals surface area contributed by atoms with Crippen LogP contribution in [0.4, 0.5) is 10.1 Å². The van der Waals surface area contributed by atoms with Crippen molar-refractivity contribution in [1.29, 1.82) is 0 Å². The molecule has 3 aromatic carbocycles. The molecule has 1 fully saturated rings. The van der Waals surface area contributed by atoms with Gasteiger partial charge in [-0.05, 0) is 60.9 Å². The number of nitrogens with one attached hydrogen (secondary N) is 1. The lowest BCUT2D eigenvalue weighted by Crippen LogP contribution is -2.48. The molecule has 0 saturated carbocycles. The number of hydrogen-bond donors (Lipinski definition) is 1. The lowest BCUT2D eigenvalue weighted by Gasteiger charge is -2.41. The van der Waals surface area contributed by atoms with Crippen LogP contribution in [0.15, 0.2) is 66.7 Å². The maximum Gasteiger partial charge on any atom is 0.227 e. The van der Waals surface area contributed by atoms with E-state index < -0.39 is 12.0 Å². The summed E-state index contributed by atoms with van der Waals surface area (Å²) in [6.45, 7) is 2.26. The van der Waals surface area contributed by atoms with Gasteiger partial charge in [-0.3, -0.25) is 9.59 Å². The molecule has 3 aromatic rings. The van der Waals surface area contributed by atoms with Crippen molar-refractivity contribution in [3.63, 3.8) is 0 Å². The number of nitrogens with zero attached hydrogens (tertiary/aromatic N) is 1. The molecule has 1 aliphatic heterocycles. The first-order valence-electron chi connectivity index (χ1n) is 11.5. The summed E-state index contributed by atoms with van der Waals surface area (Å²) in [5, 5.41) is 2.98. The van der Waals surface area contributed by atoms with Gasteiger partial charge in [-0.25, -0.2) is 4.39 Å². The molecule has 1 heterocycles. The van der Waals surface area contributed by atoms with Crippen LogP contribution >= 0.6 is 0 Å². The molecule has 2 amide bonds. The average Bonchev–Trinajstić information content (AvgIpc) is 2.88. The van der Waals surface area contributed by atoms with Crippen LogP contribution in [-0.2, 0) is 16.1 Å². The molecule has 2 atom stereocenters. The zero-order valence-corrected chi connectivity index (χ0v) is 20.1. The minimum absolute atomic E-state index is 0.0452. The van der Waals surface area contributed by atoms with Crippen molar-refractivity contribution in [3.8, 4) is 11.5 Å². The standard InChI is InChI=1S/C28H29FN2O4/c1-18-4-11-22(12-5-18)31-26(32)15-13-23(28(33)30-17-19-6-9-21(29)10-7-19)27(31)20-8-14-24(34-2)25(16-20)35-3/h4-12,14,16,23,27H,13,15,17H2,1-3H3,(H,30,33)/t23-,27+/m0/s1. The van der Waals surface area contributed by atoms with E-state index in [0.29, 0.717) is 17.9 Å². The topological polar surface area (TPSA) is 67.9 Å². The van der Waals surface area contributed by atoms with Crippen molar-refractivity contribution < 1.29 is 23.5 Å². The molecule has 7 heteroatoms. The highest BCUT2D eigenvalue weighted by Crippen LogP contribution is 2.42. The van der Waals surface area contributed by atoms with Crippen LogP contribution in [0.3, 0.4) is 0 Å². The fourth-order valence-corrected chi connectivity index (χ4v) is 4.52. The average molecular weight is 477 g/mol. The summed E-state index contributed by atoms with van der Waals surface area (Å²) in [6, 6.07) is 18.7. The van der Waals surface area contributed by atoms with Gasteiger partial charge in [0.15, 0.2) is 11.5 Å². The molecular formula is C28H29FN2O4. The Morgan fingerprint density at radius 1 is 1.00 bits per heavy atom. The number of hydrogen-bond acceptors (Lipinski definition) is 4. The van der Waals surface area contributed by atoms with E-state index in [1.807, 2.05) is 43.3 Å². The van der Waals surface area contributed by atoms with Crippen molar-refractivity contribution >= 4 is 17.5 Å². The van der Waals surface area contributed by atoms with Gasteiger partial charge in [-0.2, -0.15) is 0 Å². The maximum absolute atomic E-state index is 13.5. The minimum Gasteiger partial charge on any atom is -0.493 e. The zero-order valence-electron chi connectivity index (χ0n) is 20.1. The summed E-state index contributed by atoms with van der Waals surface area (Å²) in [5.41, 5.74) is 3.38. The van der Waals surface area contributed by atoms with Gasteiger partial charge in [-0.15, -0.1) is 0 Å². The van der Waals surface area contributed by atoms with E-state index in [9.17, 15) is 14.0 Å². The highest BCUT2D eigenvalue weighted by Gasteiger charge is 2.41. The summed E-state index contributed by atoms with van der Waals surface area (Å²) in [4.78, 5) is 28.4. The first kappa shape index (κ1) is 24.3. The first-order chi connectivity index (χ1) is 16.9. The van der Waals surface area contributed by atoms with Gasteiger partial charge in [0, 0.05) is 18.7 Å². The molecule has 0 spiro atoms. The van der Waals surface area contributed by atoms with Crippen LogP contribution in [0, 0.1) is 18.7 Å². The number of carbonyl (C=O) groups is 2. The molecule has 1 saturated heterocycles. The molecule has 0 aliphatic carbocycles. The van der Waals surface area contributed by atoms with E-state index >= 15 is 0 Å². The molecule has 0 aromatic heterocycles. The number of piperidine rings is 1. The number of carbonyl (C=O) groups excluding carboxylic acids is 2. The molecule has 182 valence electrons. The van der Waals surface area contributed by atoms with E-state index in [0.717, 1.165) is 22.4 Å². The van der Waals surface area contributed by atoms with Crippen molar-refractivity contribution in [2.75, 3.05) is 19.1 Å². The van der Waals surface area contributed by atoms with Crippen LogP contribution in [0.5, 0.6) is 11.5 Å². The second-order valence-corrected chi connectivity index (χ2v) is 8.65. The fraction of sp³-hybridized carbons (Fsp3) is 0.286. The third-order valence-corrected chi connectivity index (χ3v) is 6.38. The van der Waals surface area contributed by atoms with Gasteiger partial charge in [0.05, 0.1) is 26.2 Å². The Morgan fingerprint density at radius 3 is 2.34 bits per heavy atom.